The molecule has 0 amide bonds. The molecule has 0 aliphatic carbocycles. The Morgan fingerprint density at radius 2 is 1.89 bits per heavy atom. The van der Waals surface area contributed by atoms with Crippen molar-refractivity contribution >= 4 is 11.8 Å². The summed E-state index contributed by atoms with van der Waals surface area (Å²) in [5.41, 5.74) is 1.14. The number of nitrogens with one attached hydrogen (secondary N) is 1. The number of thioether (sulfide) groups is 1. The Balaban J connectivity index is 1.37. The van der Waals surface area contributed by atoms with Gasteiger partial charge in [-0.05, 0) is 6.07 Å². The van der Waals surface area contributed by atoms with Gasteiger partial charge in [-0.1, -0.05) is 18.2 Å². The molecule has 1 aromatic rings. The van der Waals surface area contributed by atoms with Crippen LogP contribution in [0.2, 0.25) is 0 Å². The summed E-state index contributed by atoms with van der Waals surface area (Å²) in [5, 5.41) is 13.8. The Hall–Kier alpha value is -0.830. The zero-order valence-electron chi connectivity index (χ0n) is 16.1. The Morgan fingerprint density at radius 1 is 1.11 bits per heavy atom. The molecule has 0 bridgehead atoms. The fourth-order valence-corrected chi connectivity index (χ4v) is 4.37. The van der Waals surface area contributed by atoms with Gasteiger partial charge in [0.15, 0.2) is 0 Å². The molecular formula is C20H33N3O3S. The normalized spacial score (nSPS) is 20.5. The molecule has 0 saturated carbocycles. The predicted molar refractivity (Wildman–Crippen MR) is 111 cm³/mol. The molecule has 0 radical (unpaired) electrons. The second-order valence-electron chi connectivity index (χ2n) is 7.12. The quantitative estimate of drug-likeness (QED) is 0.571. The van der Waals surface area contributed by atoms with Crippen molar-refractivity contribution in [3.8, 4) is 5.75 Å². The minimum Gasteiger partial charge on any atom is -0.491 e. The number of ether oxygens (including phenoxy) is 2. The van der Waals surface area contributed by atoms with Crippen LogP contribution in [0.3, 0.4) is 0 Å². The van der Waals surface area contributed by atoms with E-state index in [1.54, 1.807) is 0 Å². The Kier molecular flexibility index (Phi) is 9.20. The van der Waals surface area contributed by atoms with Crippen molar-refractivity contribution in [2.75, 3.05) is 77.1 Å². The molecule has 2 N–H and O–H groups in total. The monoisotopic (exact) mass is 395 g/mol. The molecular weight excluding hydrogens is 362 g/mol. The van der Waals surface area contributed by atoms with Crippen LogP contribution in [0.1, 0.15) is 5.56 Å². The maximum Gasteiger partial charge on any atom is 0.123 e. The standard InChI is InChI=1S/C20H33N3O3S/c24-19(16-23-9-13-27-14-10-23)17-26-20-4-2-1-3-18(20)15-21-5-6-22-7-11-25-12-8-22/h1-4,19,21,24H,5-17H2/t19-/m0/s1. The zero-order chi connectivity index (χ0) is 18.7. The highest BCUT2D eigenvalue weighted by Gasteiger charge is 2.16. The second kappa shape index (κ2) is 11.9. The van der Waals surface area contributed by atoms with E-state index >= 15 is 0 Å². The summed E-state index contributed by atoms with van der Waals surface area (Å²) in [6, 6.07) is 8.10. The van der Waals surface area contributed by atoms with Crippen molar-refractivity contribution in [2.45, 2.75) is 12.6 Å². The van der Waals surface area contributed by atoms with Crippen molar-refractivity contribution in [1.29, 1.82) is 0 Å². The van der Waals surface area contributed by atoms with Crippen LogP contribution in [-0.2, 0) is 11.3 Å². The summed E-state index contributed by atoms with van der Waals surface area (Å²) < 4.78 is 11.3. The van der Waals surface area contributed by atoms with E-state index in [2.05, 4.69) is 21.2 Å². The van der Waals surface area contributed by atoms with E-state index in [0.29, 0.717) is 13.2 Å². The van der Waals surface area contributed by atoms with Gasteiger partial charge in [0, 0.05) is 69.4 Å². The van der Waals surface area contributed by atoms with Crippen molar-refractivity contribution < 1.29 is 14.6 Å². The van der Waals surface area contributed by atoms with Crippen molar-refractivity contribution in [3.63, 3.8) is 0 Å². The van der Waals surface area contributed by atoms with Gasteiger partial charge in [0.25, 0.3) is 0 Å². The number of aliphatic hydroxyl groups excluding tert-OH is 1. The van der Waals surface area contributed by atoms with Crippen molar-refractivity contribution in [2.24, 2.45) is 0 Å². The Labute approximate surface area is 167 Å². The number of hydrogen-bond acceptors (Lipinski definition) is 7. The third kappa shape index (κ3) is 7.60. The summed E-state index contributed by atoms with van der Waals surface area (Å²) >= 11 is 1.99. The number of para-hydroxylation sites is 1. The number of benzene rings is 1. The van der Waals surface area contributed by atoms with E-state index in [9.17, 15) is 5.11 Å². The van der Waals surface area contributed by atoms with E-state index in [-0.39, 0.29) is 0 Å². The van der Waals surface area contributed by atoms with E-state index in [0.717, 1.165) is 81.8 Å². The highest BCUT2D eigenvalue weighted by Crippen LogP contribution is 2.18. The first-order valence-electron chi connectivity index (χ1n) is 10.0. The molecule has 2 aliphatic rings. The molecule has 7 heteroatoms. The first-order valence-corrected chi connectivity index (χ1v) is 11.2. The van der Waals surface area contributed by atoms with Gasteiger partial charge in [-0.2, -0.15) is 11.8 Å². The van der Waals surface area contributed by atoms with Gasteiger partial charge < -0.3 is 19.9 Å². The van der Waals surface area contributed by atoms with Crippen LogP contribution in [0.4, 0.5) is 0 Å². The van der Waals surface area contributed by atoms with E-state index in [1.165, 1.54) is 0 Å². The number of rotatable bonds is 10. The number of nitrogens with zero attached hydrogens (tertiary/aromatic N) is 2. The smallest absolute Gasteiger partial charge is 0.123 e. The molecule has 3 rings (SSSR count). The summed E-state index contributed by atoms with van der Waals surface area (Å²) in [6.07, 6.45) is -0.449. The second-order valence-corrected chi connectivity index (χ2v) is 8.34. The van der Waals surface area contributed by atoms with Crippen LogP contribution in [0.15, 0.2) is 24.3 Å². The topological polar surface area (TPSA) is 57.2 Å². The van der Waals surface area contributed by atoms with Crippen molar-refractivity contribution in [3.05, 3.63) is 29.8 Å². The van der Waals surface area contributed by atoms with E-state index in [1.807, 2.05) is 30.0 Å². The SMILES string of the molecule is O[C@H](COc1ccccc1CNCCN1CCOCC1)CN1CCSCC1. The average Bonchev–Trinajstić information content (AvgIpc) is 2.72. The first kappa shape index (κ1) is 20.9. The van der Waals surface area contributed by atoms with Gasteiger partial charge in [0.05, 0.1) is 13.2 Å². The van der Waals surface area contributed by atoms with Crippen LogP contribution >= 0.6 is 11.8 Å². The van der Waals surface area contributed by atoms with Crippen LogP contribution in [0.25, 0.3) is 0 Å². The van der Waals surface area contributed by atoms with Crippen LogP contribution in [-0.4, -0.2) is 98.1 Å². The number of hydrogen-bond donors (Lipinski definition) is 2. The van der Waals surface area contributed by atoms with Crippen LogP contribution in [0, 0.1) is 0 Å². The molecule has 0 aromatic heterocycles. The molecule has 27 heavy (non-hydrogen) atoms. The third-order valence-electron chi connectivity index (χ3n) is 5.00. The molecule has 2 fully saturated rings. The Morgan fingerprint density at radius 3 is 2.70 bits per heavy atom. The van der Waals surface area contributed by atoms with Crippen LogP contribution < -0.4 is 10.1 Å². The van der Waals surface area contributed by atoms with Crippen LogP contribution in [0.5, 0.6) is 5.75 Å². The summed E-state index contributed by atoms with van der Waals surface area (Å²) in [7, 11) is 0. The predicted octanol–water partition coefficient (Wildman–Crippen LogP) is 0.897. The summed E-state index contributed by atoms with van der Waals surface area (Å²) in [6.45, 7) is 9.66. The molecule has 1 atom stereocenters. The van der Waals surface area contributed by atoms with Gasteiger partial charge in [-0.15, -0.1) is 0 Å². The fourth-order valence-electron chi connectivity index (χ4n) is 3.40. The maximum absolute atomic E-state index is 10.3. The molecule has 1 aromatic carbocycles. The molecule has 2 aliphatic heterocycles. The lowest BCUT2D eigenvalue weighted by Crippen LogP contribution is -2.40. The average molecular weight is 396 g/mol. The number of morpholine rings is 1. The Bertz CT molecular complexity index is 537. The minimum absolute atomic E-state index is 0.342. The molecule has 0 spiro atoms. The van der Waals surface area contributed by atoms with Gasteiger partial charge in [0.1, 0.15) is 18.5 Å². The molecule has 0 unspecified atom stereocenters. The van der Waals surface area contributed by atoms with Gasteiger partial charge in [-0.3, -0.25) is 9.80 Å². The highest BCUT2D eigenvalue weighted by atomic mass is 32.2. The summed E-state index contributed by atoms with van der Waals surface area (Å²) in [5.74, 6) is 3.18. The lowest BCUT2D eigenvalue weighted by molar-refractivity contribution is 0.0384. The van der Waals surface area contributed by atoms with Gasteiger partial charge >= 0.3 is 0 Å². The maximum atomic E-state index is 10.3. The third-order valence-corrected chi connectivity index (χ3v) is 5.94. The lowest BCUT2D eigenvalue weighted by atomic mass is 10.2. The van der Waals surface area contributed by atoms with Crippen molar-refractivity contribution in [1.82, 2.24) is 15.1 Å². The van der Waals surface area contributed by atoms with Gasteiger partial charge in [-0.25, -0.2) is 0 Å². The number of β-amino-alcohol motifs (C(OH)–C–C–N with tert-alkyl or cyclic N) is 1. The van der Waals surface area contributed by atoms with E-state index in [4.69, 9.17) is 9.47 Å². The first-order chi connectivity index (χ1) is 13.3. The largest absolute Gasteiger partial charge is 0.491 e. The zero-order valence-corrected chi connectivity index (χ0v) is 17.0. The fraction of sp³-hybridized carbons (Fsp3) is 0.700. The van der Waals surface area contributed by atoms with E-state index < -0.39 is 6.10 Å². The minimum atomic E-state index is -0.449. The van der Waals surface area contributed by atoms with Gasteiger partial charge in [0.2, 0.25) is 0 Å². The molecule has 2 heterocycles. The molecule has 152 valence electrons. The number of aliphatic hydroxyl groups is 1. The lowest BCUT2D eigenvalue weighted by Gasteiger charge is -2.28. The summed E-state index contributed by atoms with van der Waals surface area (Å²) in [4.78, 5) is 4.75. The highest BCUT2D eigenvalue weighted by molar-refractivity contribution is 7.99. The molecule has 6 nitrogen and oxygen atoms in total. The molecule has 2 saturated heterocycles.